The number of rotatable bonds is 3. The number of ether oxygens (including phenoxy) is 1. The monoisotopic (exact) mass is 291 g/mol. The molecule has 21 heavy (non-hydrogen) atoms. The van der Waals surface area contributed by atoms with Crippen molar-refractivity contribution in [3.63, 3.8) is 0 Å². The summed E-state index contributed by atoms with van der Waals surface area (Å²) in [5.41, 5.74) is 2.03. The number of carbonyl (C=O) groups excluding carboxylic acids is 2. The molecule has 0 bridgehead atoms. The van der Waals surface area contributed by atoms with Crippen molar-refractivity contribution in [3.05, 3.63) is 29.3 Å². The lowest BCUT2D eigenvalue weighted by atomic mass is 9.86. The summed E-state index contributed by atoms with van der Waals surface area (Å²) in [6, 6.07) is 5.56. The van der Waals surface area contributed by atoms with Crippen LogP contribution in [-0.2, 0) is 19.8 Å². The lowest BCUT2D eigenvalue weighted by Gasteiger charge is -2.20. The zero-order valence-electron chi connectivity index (χ0n) is 13.3. The molecule has 0 radical (unpaired) electrons. The van der Waals surface area contributed by atoms with Gasteiger partial charge in [-0.2, -0.15) is 0 Å². The second-order valence-corrected chi connectivity index (χ2v) is 5.81. The summed E-state index contributed by atoms with van der Waals surface area (Å²) in [7, 11) is 0. The molecule has 0 unspecified atom stereocenters. The number of esters is 1. The van der Waals surface area contributed by atoms with Crippen LogP contribution in [0.15, 0.2) is 23.4 Å². The van der Waals surface area contributed by atoms with Gasteiger partial charge in [-0.15, -0.1) is 0 Å². The summed E-state index contributed by atoms with van der Waals surface area (Å²) in [4.78, 5) is 26.7. The van der Waals surface area contributed by atoms with E-state index in [1.54, 1.807) is 13.0 Å². The molecule has 0 aromatic heterocycles. The van der Waals surface area contributed by atoms with Gasteiger partial charge in [-0.25, -0.2) is 4.79 Å². The highest BCUT2D eigenvalue weighted by Gasteiger charge is 2.18. The Kier molecular flexibility index (Phi) is 5.24. The Bertz CT molecular complexity index is 582. The van der Waals surface area contributed by atoms with Crippen LogP contribution in [0.3, 0.4) is 0 Å². The van der Waals surface area contributed by atoms with Gasteiger partial charge in [0.1, 0.15) is 5.75 Å². The largest absolute Gasteiger partial charge is 0.426 e. The highest BCUT2D eigenvalue weighted by atomic mass is 16.7. The first-order chi connectivity index (χ1) is 9.61. The second-order valence-electron chi connectivity index (χ2n) is 5.81. The molecule has 0 heterocycles. The van der Waals surface area contributed by atoms with Crippen molar-refractivity contribution in [1.29, 1.82) is 0 Å². The standard InChI is InChI=1S/C16H21NO4/c1-10(17-21-12(3)19)14-8-7-13(16(4,5)6)9-15(14)20-11(2)18/h7-9H,1-6H3/b17-10+. The number of carbonyl (C=O) groups is 2. The molecule has 0 spiro atoms. The van der Waals surface area contributed by atoms with Crippen molar-refractivity contribution in [1.82, 2.24) is 0 Å². The second kappa shape index (κ2) is 6.52. The summed E-state index contributed by atoms with van der Waals surface area (Å²) >= 11 is 0. The zero-order chi connectivity index (χ0) is 16.2. The van der Waals surface area contributed by atoms with Gasteiger partial charge in [-0.3, -0.25) is 4.79 Å². The fraction of sp³-hybridized carbons (Fsp3) is 0.438. The van der Waals surface area contributed by atoms with Crippen molar-refractivity contribution in [2.75, 3.05) is 0 Å². The fourth-order valence-electron chi connectivity index (χ4n) is 1.71. The summed E-state index contributed by atoms with van der Waals surface area (Å²) in [5.74, 6) is -0.513. The van der Waals surface area contributed by atoms with Gasteiger partial charge in [0.05, 0.1) is 5.71 Å². The van der Waals surface area contributed by atoms with Gasteiger partial charge in [-0.1, -0.05) is 32.0 Å². The summed E-state index contributed by atoms with van der Waals surface area (Å²) in [5, 5.41) is 3.73. The topological polar surface area (TPSA) is 65.0 Å². The van der Waals surface area contributed by atoms with Crippen LogP contribution in [0.5, 0.6) is 5.75 Å². The molecule has 0 atom stereocenters. The average molecular weight is 291 g/mol. The van der Waals surface area contributed by atoms with Crippen LogP contribution in [0.25, 0.3) is 0 Å². The summed E-state index contributed by atoms with van der Waals surface area (Å²) < 4.78 is 5.25. The number of hydrogen-bond donors (Lipinski definition) is 0. The molecule has 0 N–H and O–H groups in total. The van der Waals surface area contributed by atoms with E-state index < -0.39 is 11.9 Å². The normalized spacial score (nSPS) is 12.0. The Morgan fingerprint density at radius 1 is 1.05 bits per heavy atom. The quantitative estimate of drug-likeness (QED) is 0.282. The third-order valence-corrected chi connectivity index (χ3v) is 2.80. The van der Waals surface area contributed by atoms with Gasteiger partial charge in [0.15, 0.2) is 0 Å². The van der Waals surface area contributed by atoms with Gasteiger partial charge in [0, 0.05) is 19.4 Å². The number of benzene rings is 1. The molecule has 114 valence electrons. The average Bonchev–Trinajstić information content (AvgIpc) is 2.34. The predicted octanol–water partition coefficient (Wildman–Crippen LogP) is 3.20. The Hall–Kier alpha value is -2.17. The van der Waals surface area contributed by atoms with Crippen LogP contribution in [0.1, 0.15) is 52.7 Å². The van der Waals surface area contributed by atoms with E-state index in [4.69, 9.17) is 4.74 Å². The van der Waals surface area contributed by atoms with Crippen molar-refractivity contribution in [2.24, 2.45) is 5.16 Å². The fourth-order valence-corrected chi connectivity index (χ4v) is 1.71. The first-order valence-corrected chi connectivity index (χ1v) is 6.66. The van der Waals surface area contributed by atoms with Crippen LogP contribution in [0, 0.1) is 0 Å². The van der Waals surface area contributed by atoms with Crippen molar-refractivity contribution >= 4 is 17.7 Å². The molecule has 0 amide bonds. The smallest absolute Gasteiger partial charge is 0.331 e. The maximum Gasteiger partial charge on any atom is 0.331 e. The van der Waals surface area contributed by atoms with Gasteiger partial charge < -0.3 is 9.57 Å². The van der Waals surface area contributed by atoms with Gasteiger partial charge in [0.25, 0.3) is 0 Å². The van der Waals surface area contributed by atoms with Gasteiger partial charge in [-0.05, 0) is 30.0 Å². The number of nitrogens with zero attached hydrogens (tertiary/aromatic N) is 1. The molecule has 1 rings (SSSR count). The van der Waals surface area contributed by atoms with Crippen LogP contribution in [0.2, 0.25) is 0 Å². The van der Waals surface area contributed by atoms with E-state index in [-0.39, 0.29) is 5.41 Å². The molecule has 1 aromatic rings. The van der Waals surface area contributed by atoms with Crippen LogP contribution >= 0.6 is 0 Å². The third-order valence-electron chi connectivity index (χ3n) is 2.80. The highest BCUT2D eigenvalue weighted by molar-refractivity contribution is 6.01. The van der Waals surface area contributed by atoms with Crippen molar-refractivity contribution in [2.45, 2.75) is 47.0 Å². The minimum atomic E-state index is -0.505. The summed E-state index contributed by atoms with van der Waals surface area (Å²) in [6.07, 6.45) is 0. The van der Waals surface area contributed by atoms with E-state index in [1.165, 1.54) is 13.8 Å². The van der Waals surface area contributed by atoms with E-state index in [9.17, 15) is 9.59 Å². The van der Waals surface area contributed by atoms with E-state index >= 15 is 0 Å². The van der Waals surface area contributed by atoms with Gasteiger partial charge >= 0.3 is 11.9 Å². The molecule has 5 heteroatoms. The molecule has 0 saturated carbocycles. The minimum absolute atomic E-state index is 0.0750. The number of oxime groups is 1. The van der Waals surface area contributed by atoms with Crippen molar-refractivity contribution < 1.29 is 19.2 Å². The Balaban J connectivity index is 3.28. The number of hydrogen-bond acceptors (Lipinski definition) is 5. The predicted molar refractivity (Wildman–Crippen MR) is 80.4 cm³/mol. The summed E-state index contributed by atoms with van der Waals surface area (Å²) in [6.45, 7) is 10.5. The SMILES string of the molecule is CC(=O)O/N=C(\C)c1ccc(C(C)(C)C)cc1OC(C)=O. The van der Waals surface area contributed by atoms with E-state index in [1.807, 2.05) is 12.1 Å². The van der Waals surface area contributed by atoms with Crippen LogP contribution in [-0.4, -0.2) is 17.7 Å². The molecular formula is C16H21NO4. The molecule has 1 aromatic carbocycles. The first kappa shape index (κ1) is 16.9. The van der Waals surface area contributed by atoms with E-state index in [0.717, 1.165) is 5.56 Å². The molecular weight excluding hydrogens is 270 g/mol. The lowest BCUT2D eigenvalue weighted by molar-refractivity contribution is -0.141. The minimum Gasteiger partial charge on any atom is -0.426 e. The van der Waals surface area contributed by atoms with Crippen LogP contribution < -0.4 is 4.74 Å². The van der Waals surface area contributed by atoms with E-state index in [0.29, 0.717) is 17.0 Å². The molecule has 5 nitrogen and oxygen atoms in total. The first-order valence-electron chi connectivity index (χ1n) is 6.66. The molecule has 0 aliphatic carbocycles. The third kappa shape index (κ3) is 5.02. The molecule has 0 aliphatic heterocycles. The maximum atomic E-state index is 11.3. The Labute approximate surface area is 124 Å². The lowest BCUT2D eigenvalue weighted by Crippen LogP contribution is -2.14. The van der Waals surface area contributed by atoms with Gasteiger partial charge in [0.2, 0.25) is 0 Å². The highest BCUT2D eigenvalue weighted by Crippen LogP contribution is 2.29. The molecule has 0 saturated heterocycles. The Morgan fingerprint density at radius 2 is 1.67 bits per heavy atom. The van der Waals surface area contributed by atoms with Crippen molar-refractivity contribution in [3.8, 4) is 5.75 Å². The molecule has 0 aliphatic rings. The Morgan fingerprint density at radius 3 is 2.14 bits per heavy atom. The van der Waals surface area contributed by atoms with E-state index in [2.05, 4.69) is 30.8 Å². The zero-order valence-corrected chi connectivity index (χ0v) is 13.3. The maximum absolute atomic E-state index is 11.3. The van der Waals surface area contributed by atoms with Crippen LogP contribution in [0.4, 0.5) is 0 Å². The molecule has 0 fully saturated rings.